The molecule has 0 atom stereocenters. The molecule has 7 heteroatoms. The molecule has 1 aromatic heterocycles. The van der Waals surface area contributed by atoms with Crippen molar-refractivity contribution in [1.29, 1.82) is 0 Å². The van der Waals surface area contributed by atoms with Crippen molar-refractivity contribution in [3.05, 3.63) is 58.1 Å². The zero-order valence-corrected chi connectivity index (χ0v) is 17.6. The maximum absolute atomic E-state index is 15.7. The fraction of sp³-hybridized carbons (Fsp3) is 0.318. The molecule has 2 amide bonds. The Morgan fingerprint density at radius 3 is 2.14 bits per heavy atom. The third kappa shape index (κ3) is 3.65. The summed E-state index contributed by atoms with van der Waals surface area (Å²) < 4.78 is 15.7. The van der Waals surface area contributed by atoms with Crippen molar-refractivity contribution in [2.24, 2.45) is 0 Å². The average Bonchev–Trinajstić information content (AvgIpc) is 2.91. The smallest absolute Gasteiger partial charge is 0.271 e. The van der Waals surface area contributed by atoms with Crippen LogP contribution in [-0.4, -0.2) is 21.8 Å². The lowest BCUT2D eigenvalue weighted by Gasteiger charge is -2.27. The molecule has 152 valence electrons. The summed E-state index contributed by atoms with van der Waals surface area (Å²) in [6, 6.07) is 10.6. The van der Waals surface area contributed by atoms with Crippen LogP contribution in [0.2, 0.25) is 5.02 Å². The predicted molar refractivity (Wildman–Crippen MR) is 112 cm³/mol. The van der Waals surface area contributed by atoms with Gasteiger partial charge in [0.1, 0.15) is 11.5 Å². The highest BCUT2D eigenvalue weighted by Gasteiger charge is 2.36. The Morgan fingerprint density at radius 2 is 1.62 bits per heavy atom. The molecule has 0 aliphatic carbocycles. The Kier molecular flexibility index (Phi) is 5.75. The number of hydrogen-bond donors (Lipinski definition) is 1. The summed E-state index contributed by atoms with van der Waals surface area (Å²) in [5.74, 6) is -0.702. The van der Waals surface area contributed by atoms with E-state index in [0.717, 1.165) is 5.01 Å². The zero-order chi connectivity index (χ0) is 21.3. The van der Waals surface area contributed by atoms with Gasteiger partial charge in [-0.15, -0.1) is 0 Å². The largest absolute Gasteiger partial charge is 0.275 e. The highest BCUT2D eigenvalue weighted by Crippen LogP contribution is 2.43. The number of alkyl halides is 1. The van der Waals surface area contributed by atoms with Gasteiger partial charge in [-0.3, -0.25) is 15.0 Å². The van der Waals surface area contributed by atoms with Crippen molar-refractivity contribution in [3.63, 3.8) is 0 Å². The molecule has 0 bridgehead atoms. The number of hydrogen-bond acceptors (Lipinski definition) is 4. The van der Waals surface area contributed by atoms with Crippen LogP contribution in [0.5, 0.6) is 0 Å². The first kappa shape index (κ1) is 21.0. The molecule has 1 N–H and O–H groups in total. The Morgan fingerprint density at radius 1 is 1.07 bits per heavy atom. The number of pyridine rings is 1. The van der Waals surface area contributed by atoms with Crippen LogP contribution in [0.3, 0.4) is 0 Å². The number of imide groups is 1. The molecule has 0 spiro atoms. The van der Waals surface area contributed by atoms with E-state index >= 15 is 4.39 Å². The Labute approximate surface area is 174 Å². The van der Waals surface area contributed by atoms with Crippen LogP contribution in [0.4, 0.5) is 10.2 Å². The number of benzene rings is 1. The monoisotopic (exact) mass is 415 g/mol. The number of carbonyl (C=O) groups is 2. The van der Waals surface area contributed by atoms with Crippen molar-refractivity contribution in [3.8, 4) is 11.3 Å². The second kappa shape index (κ2) is 7.95. The first-order valence-corrected chi connectivity index (χ1v) is 9.89. The van der Waals surface area contributed by atoms with Gasteiger partial charge < -0.3 is 0 Å². The molecule has 1 aromatic carbocycles. The van der Waals surface area contributed by atoms with Crippen molar-refractivity contribution < 1.29 is 14.0 Å². The summed E-state index contributed by atoms with van der Waals surface area (Å²) in [7, 11) is 0. The number of rotatable bonds is 6. The predicted octanol–water partition coefficient (Wildman–Crippen LogP) is 5.42. The van der Waals surface area contributed by atoms with Crippen LogP contribution in [0.25, 0.3) is 11.3 Å². The fourth-order valence-electron chi connectivity index (χ4n) is 3.37. The number of carbonyl (C=O) groups excluding carboxylic acids is 2. The molecule has 2 aromatic rings. The standard InChI is InChI=1S/C22H23ClFN3O2/c1-5-22(24,6-2)18-16(23)12-17(25-19(18)15-10-8-7-9-11-15)26-27-20(28)13(3)14(4)21(27)29/h7-12H,5-6H2,1-4H3,(H,25,26). The molecule has 1 aliphatic rings. The van der Waals surface area contributed by atoms with Crippen molar-refractivity contribution in [1.82, 2.24) is 9.99 Å². The number of hydrazine groups is 1. The highest BCUT2D eigenvalue weighted by molar-refractivity contribution is 6.32. The van der Waals surface area contributed by atoms with E-state index in [-0.39, 0.29) is 23.7 Å². The Balaban J connectivity index is 2.12. The van der Waals surface area contributed by atoms with E-state index in [4.69, 9.17) is 11.6 Å². The van der Waals surface area contributed by atoms with Crippen molar-refractivity contribution in [2.75, 3.05) is 5.43 Å². The molecule has 0 saturated heterocycles. The fourth-order valence-corrected chi connectivity index (χ4v) is 3.73. The first-order chi connectivity index (χ1) is 13.7. The summed E-state index contributed by atoms with van der Waals surface area (Å²) in [6.45, 7) is 6.71. The molecule has 1 aliphatic heterocycles. The van der Waals surface area contributed by atoms with Gasteiger partial charge in [-0.1, -0.05) is 55.8 Å². The van der Waals surface area contributed by atoms with E-state index in [9.17, 15) is 9.59 Å². The number of halogens is 2. The van der Waals surface area contributed by atoms with Gasteiger partial charge in [0.15, 0.2) is 0 Å². The normalized spacial score (nSPS) is 14.8. The Bertz CT molecular complexity index is 977. The number of nitrogens with one attached hydrogen (secondary N) is 1. The summed E-state index contributed by atoms with van der Waals surface area (Å²) in [4.78, 5) is 29.3. The SMILES string of the molecule is CCC(F)(CC)c1c(Cl)cc(NN2C(=O)C(C)=C(C)C2=O)nc1-c1ccccc1. The van der Waals surface area contributed by atoms with Crippen LogP contribution in [0.1, 0.15) is 46.1 Å². The maximum Gasteiger partial charge on any atom is 0.275 e. The zero-order valence-electron chi connectivity index (χ0n) is 16.8. The number of amides is 2. The molecule has 3 rings (SSSR count). The second-order valence-corrected chi connectivity index (χ2v) is 7.47. The van der Waals surface area contributed by atoms with Crippen molar-refractivity contribution in [2.45, 2.75) is 46.2 Å². The highest BCUT2D eigenvalue weighted by atomic mass is 35.5. The van der Waals surface area contributed by atoms with Crippen LogP contribution in [0.15, 0.2) is 47.5 Å². The molecular weight excluding hydrogens is 393 g/mol. The van der Waals surface area contributed by atoms with Gasteiger partial charge in [-0.05, 0) is 26.7 Å². The van der Waals surface area contributed by atoms with Crippen LogP contribution >= 0.6 is 11.6 Å². The van der Waals surface area contributed by atoms with Gasteiger partial charge in [-0.25, -0.2) is 9.37 Å². The number of nitrogens with zero attached hydrogens (tertiary/aromatic N) is 2. The number of anilines is 1. The van der Waals surface area contributed by atoms with E-state index in [0.29, 0.717) is 28.0 Å². The lowest BCUT2D eigenvalue weighted by molar-refractivity contribution is -0.135. The van der Waals surface area contributed by atoms with E-state index < -0.39 is 17.5 Å². The third-order valence-electron chi connectivity index (χ3n) is 5.42. The summed E-state index contributed by atoms with van der Waals surface area (Å²) in [5.41, 5.74) is 3.22. The molecule has 2 heterocycles. The molecule has 0 unspecified atom stereocenters. The maximum atomic E-state index is 15.7. The minimum Gasteiger partial charge on any atom is -0.271 e. The summed E-state index contributed by atoms with van der Waals surface area (Å²) in [6.07, 6.45) is 0.478. The van der Waals surface area contributed by atoms with E-state index in [1.54, 1.807) is 27.7 Å². The molecule has 29 heavy (non-hydrogen) atoms. The van der Waals surface area contributed by atoms with Crippen molar-refractivity contribution >= 4 is 29.2 Å². The molecule has 0 fully saturated rings. The average molecular weight is 416 g/mol. The van der Waals surface area contributed by atoms with Gasteiger partial charge in [0.2, 0.25) is 0 Å². The quantitative estimate of drug-likeness (QED) is 0.640. The Hall–Kier alpha value is -2.73. The lowest BCUT2D eigenvalue weighted by atomic mass is 9.87. The minimum atomic E-state index is -1.65. The molecule has 0 saturated carbocycles. The lowest BCUT2D eigenvalue weighted by Crippen LogP contribution is -2.37. The number of aromatic nitrogens is 1. The van der Waals surface area contributed by atoms with Crippen LogP contribution in [-0.2, 0) is 15.3 Å². The summed E-state index contributed by atoms with van der Waals surface area (Å²) >= 11 is 6.52. The molecule has 0 radical (unpaired) electrons. The minimum absolute atomic E-state index is 0.188. The van der Waals surface area contributed by atoms with Gasteiger partial charge in [0, 0.05) is 28.3 Å². The van der Waals surface area contributed by atoms with Crippen LogP contribution in [0, 0.1) is 0 Å². The van der Waals surface area contributed by atoms with Gasteiger partial charge in [0.25, 0.3) is 11.8 Å². The third-order valence-corrected chi connectivity index (χ3v) is 5.72. The van der Waals surface area contributed by atoms with E-state index in [1.165, 1.54) is 6.07 Å². The van der Waals surface area contributed by atoms with Gasteiger partial charge >= 0.3 is 0 Å². The molecular formula is C22H23ClFN3O2. The second-order valence-electron chi connectivity index (χ2n) is 7.06. The molecule has 5 nitrogen and oxygen atoms in total. The van der Waals surface area contributed by atoms with Gasteiger partial charge in [-0.2, -0.15) is 5.01 Å². The first-order valence-electron chi connectivity index (χ1n) is 9.51. The van der Waals surface area contributed by atoms with E-state index in [2.05, 4.69) is 10.4 Å². The summed E-state index contributed by atoms with van der Waals surface area (Å²) in [5, 5.41) is 1.09. The van der Waals surface area contributed by atoms with Gasteiger partial charge in [0.05, 0.1) is 10.7 Å². The van der Waals surface area contributed by atoms with Crippen LogP contribution < -0.4 is 5.43 Å². The topological polar surface area (TPSA) is 62.3 Å². The van der Waals surface area contributed by atoms with E-state index in [1.807, 2.05) is 30.3 Å².